The molecule has 0 saturated carbocycles. The van der Waals surface area contributed by atoms with E-state index in [9.17, 15) is 13.8 Å². The molecule has 0 aliphatic rings. The molecule has 3 rings (SSSR count). The lowest BCUT2D eigenvalue weighted by atomic mass is 10.0. The molecule has 0 radical (unpaired) electrons. The van der Waals surface area contributed by atoms with E-state index >= 15 is 0 Å². The summed E-state index contributed by atoms with van der Waals surface area (Å²) in [5, 5.41) is 0.386. The Hall–Kier alpha value is -2.55. The molecule has 0 spiro atoms. The van der Waals surface area contributed by atoms with E-state index in [1.54, 1.807) is 54.8 Å². The number of rotatable bonds is 10. The first-order valence-electron chi connectivity index (χ1n) is 10.5. The molecule has 1 aromatic heterocycles. The van der Waals surface area contributed by atoms with Gasteiger partial charge in [0.25, 0.3) is 0 Å². The number of hydrogen-bond acceptors (Lipinski definition) is 7. The number of nitrogens with two attached hydrogens (primary N) is 1. The number of fused-ring (bicyclic) bond motifs is 1. The SMILES string of the molecule is CCOP(=O)(OCC)c1cccc(-c2cc(C(=O)OC)cc3c2ncn3CC(F)=CCN)c1.Cl. The molecule has 8 nitrogen and oxygen atoms in total. The highest BCUT2D eigenvalue weighted by Crippen LogP contribution is 2.47. The van der Waals surface area contributed by atoms with Crippen molar-refractivity contribution in [1.82, 2.24) is 9.55 Å². The fraction of sp³-hybridized carbons (Fsp3) is 0.304. The van der Waals surface area contributed by atoms with Gasteiger partial charge in [-0.1, -0.05) is 12.1 Å². The average molecular weight is 512 g/mol. The molecule has 2 N–H and O–H groups in total. The Balaban J connectivity index is 0.00000408. The fourth-order valence-corrected chi connectivity index (χ4v) is 5.09. The number of esters is 1. The Labute approximate surface area is 203 Å². The Kier molecular flexibility index (Phi) is 9.97. The van der Waals surface area contributed by atoms with Crippen molar-refractivity contribution in [3.63, 3.8) is 0 Å². The van der Waals surface area contributed by atoms with Crippen molar-refractivity contribution < 1.29 is 27.5 Å². The molecule has 0 saturated heterocycles. The van der Waals surface area contributed by atoms with Crippen molar-refractivity contribution in [2.45, 2.75) is 20.4 Å². The Morgan fingerprint density at radius 1 is 1.21 bits per heavy atom. The molecule has 3 aromatic rings. The van der Waals surface area contributed by atoms with Crippen LogP contribution in [0.1, 0.15) is 24.2 Å². The first-order chi connectivity index (χ1) is 15.9. The molecule has 0 aliphatic carbocycles. The fourth-order valence-electron chi connectivity index (χ4n) is 3.47. The van der Waals surface area contributed by atoms with Crippen LogP contribution >= 0.6 is 20.0 Å². The van der Waals surface area contributed by atoms with Crippen LogP contribution in [-0.2, 0) is 24.9 Å². The molecule has 34 heavy (non-hydrogen) atoms. The van der Waals surface area contributed by atoms with Crippen LogP contribution in [0.25, 0.3) is 22.2 Å². The maximum Gasteiger partial charge on any atom is 0.361 e. The molecule has 0 fully saturated rings. The van der Waals surface area contributed by atoms with Crippen molar-refractivity contribution in [2.24, 2.45) is 5.73 Å². The first-order valence-corrected chi connectivity index (χ1v) is 12.0. The van der Waals surface area contributed by atoms with E-state index in [4.69, 9.17) is 19.5 Å². The molecular formula is C23H28ClFN3O5P. The summed E-state index contributed by atoms with van der Waals surface area (Å²) < 4.78 is 44.8. The van der Waals surface area contributed by atoms with Crippen LogP contribution in [0.4, 0.5) is 4.39 Å². The summed E-state index contributed by atoms with van der Waals surface area (Å²) >= 11 is 0. The largest absolute Gasteiger partial charge is 0.465 e. The number of hydrogen-bond donors (Lipinski definition) is 1. The number of benzene rings is 2. The number of methoxy groups -OCH3 is 1. The second-order valence-electron chi connectivity index (χ2n) is 7.03. The average Bonchev–Trinajstić information content (AvgIpc) is 3.21. The molecule has 0 bridgehead atoms. The quantitative estimate of drug-likeness (QED) is 0.313. The second kappa shape index (κ2) is 12.2. The van der Waals surface area contributed by atoms with Crippen molar-refractivity contribution in [3.8, 4) is 11.1 Å². The van der Waals surface area contributed by atoms with Gasteiger partial charge >= 0.3 is 13.6 Å². The summed E-state index contributed by atoms with van der Waals surface area (Å²) in [6, 6.07) is 10.1. The van der Waals surface area contributed by atoms with Gasteiger partial charge in [-0.05, 0) is 49.8 Å². The highest BCUT2D eigenvalue weighted by molar-refractivity contribution is 7.62. The minimum atomic E-state index is -3.52. The van der Waals surface area contributed by atoms with Gasteiger partial charge in [0.1, 0.15) is 5.83 Å². The van der Waals surface area contributed by atoms with Crippen molar-refractivity contribution in [2.75, 3.05) is 26.9 Å². The number of imidazole rings is 1. The predicted molar refractivity (Wildman–Crippen MR) is 132 cm³/mol. The maximum atomic E-state index is 14.2. The smallest absolute Gasteiger partial charge is 0.361 e. The highest BCUT2D eigenvalue weighted by atomic mass is 35.5. The number of aromatic nitrogens is 2. The van der Waals surface area contributed by atoms with E-state index < -0.39 is 19.4 Å². The van der Waals surface area contributed by atoms with E-state index in [1.807, 2.05) is 0 Å². The second-order valence-corrected chi connectivity index (χ2v) is 9.05. The van der Waals surface area contributed by atoms with Gasteiger partial charge in [0.05, 0.1) is 55.1 Å². The van der Waals surface area contributed by atoms with Gasteiger partial charge in [-0.3, -0.25) is 4.57 Å². The monoisotopic (exact) mass is 511 g/mol. The zero-order valence-electron chi connectivity index (χ0n) is 19.2. The van der Waals surface area contributed by atoms with Crippen LogP contribution in [0, 0.1) is 0 Å². The lowest BCUT2D eigenvalue weighted by molar-refractivity contribution is 0.0601. The van der Waals surface area contributed by atoms with Crippen molar-refractivity contribution >= 4 is 42.3 Å². The number of allylic oxidation sites excluding steroid dienone is 1. The Bertz CT molecular complexity index is 1220. The predicted octanol–water partition coefficient (Wildman–Crippen LogP) is 4.62. The molecule has 184 valence electrons. The Morgan fingerprint density at radius 3 is 2.53 bits per heavy atom. The van der Waals surface area contributed by atoms with Crippen molar-refractivity contribution in [1.29, 1.82) is 0 Å². The van der Waals surface area contributed by atoms with Gasteiger partial charge in [0.15, 0.2) is 0 Å². The maximum absolute atomic E-state index is 14.2. The molecule has 0 atom stereocenters. The first kappa shape index (κ1) is 27.7. The summed E-state index contributed by atoms with van der Waals surface area (Å²) in [5.74, 6) is -0.965. The molecule has 0 amide bonds. The van der Waals surface area contributed by atoms with Crippen LogP contribution < -0.4 is 11.0 Å². The molecule has 0 unspecified atom stereocenters. The number of halogens is 2. The van der Waals surface area contributed by atoms with Crippen LogP contribution in [0.2, 0.25) is 0 Å². The summed E-state index contributed by atoms with van der Waals surface area (Å²) in [6.45, 7) is 3.91. The zero-order chi connectivity index (χ0) is 24.0. The minimum absolute atomic E-state index is 0. The number of carbonyl (C=O) groups excluding carboxylic acids is 1. The van der Waals surface area contributed by atoms with Crippen LogP contribution in [0.5, 0.6) is 0 Å². The lowest BCUT2D eigenvalue weighted by Gasteiger charge is -2.18. The van der Waals surface area contributed by atoms with E-state index in [2.05, 4.69) is 4.98 Å². The topological polar surface area (TPSA) is 106 Å². The van der Waals surface area contributed by atoms with Crippen LogP contribution in [0.3, 0.4) is 0 Å². The Morgan fingerprint density at radius 2 is 1.91 bits per heavy atom. The standard InChI is InChI=1S/C23H27FN3O5P.ClH/c1-4-31-33(29,32-5-2)19-8-6-7-16(11-19)20-12-17(23(28)30-3)13-21-22(20)26-15-27(21)14-18(24)9-10-25;/h6-9,11-13,15H,4-5,10,14,25H2,1-3H3;1H. The highest BCUT2D eigenvalue weighted by Gasteiger charge is 2.27. The van der Waals surface area contributed by atoms with Gasteiger partial charge < -0.3 is 24.1 Å². The summed E-state index contributed by atoms with van der Waals surface area (Å²) in [5.41, 5.74) is 7.99. The van der Waals surface area contributed by atoms with Crippen molar-refractivity contribution in [3.05, 3.63) is 60.2 Å². The van der Waals surface area contributed by atoms with Crippen LogP contribution in [-0.4, -0.2) is 42.4 Å². The van der Waals surface area contributed by atoms with E-state index in [0.29, 0.717) is 27.5 Å². The third-order valence-corrected chi connectivity index (χ3v) is 6.99. The van der Waals surface area contributed by atoms with Crippen LogP contribution in [0.15, 0.2) is 54.6 Å². The number of nitrogens with zero attached hydrogens (tertiary/aromatic N) is 2. The zero-order valence-corrected chi connectivity index (χ0v) is 20.9. The van der Waals surface area contributed by atoms with Gasteiger partial charge in [-0.25, -0.2) is 14.2 Å². The third-order valence-electron chi connectivity index (χ3n) is 4.88. The summed E-state index contributed by atoms with van der Waals surface area (Å²) in [7, 11) is -2.24. The molecule has 1 heterocycles. The third kappa shape index (κ3) is 5.92. The van der Waals surface area contributed by atoms with E-state index in [1.165, 1.54) is 19.5 Å². The summed E-state index contributed by atoms with van der Waals surface area (Å²) in [6.07, 6.45) is 2.77. The molecule has 11 heteroatoms. The summed E-state index contributed by atoms with van der Waals surface area (Å²) in [4.78, 5) is 16.8. The molecule has 2 aromatic carbocycles. The number of ether oxygens (including phenoxy) is 1. The van der Waals surface area contributed by atoms with Gasteiger partial charge in [0, 0.05) is 12.1 Å². The van der Waals surface area contributed by atoms with E-state index in [-0.39, 0.29) is 44.3 Å². The van der Waals surface area contributed by atoms with Gasteiger partial charge in [-0.15, -0.1) is 12.4 Å². The van der Waals surface area contributed by atoms with Gasteiger partial charge in [-0.2, -0.15) is 0 Å². The number of carbonyl (C=O) groups is 1. The normalized spacial score (nSPS) is 12.0. The van der Waals surface area contributed by atoms with E-state index in [0.717, 1.165) is 0 Å². The lowest BCUT2D eigenvalue weighted by Crippen LogP contribution is -2.11. The molecular weight excluding hydrogens is 484 g/mol. The minimum Gasteiger partial charge on any atom is -0.465 e. The van der Waals surface area contributed by atoms with Gasteiger partial charge in [0.2, 0.25) is 0 Å². The molecule has 0 aliphatic heterocycles.